The first-order valence-corrected chi connectivity index (χ1v) is 16.3. The summed E-state index contributed by atoms with van der Waals surface area (Å²) in [6.07, 6.45) is 5.68. The van der Waals surface area contributed by atoms with Gasteiger partial charge >= 0.3 is 6.01 Å². The van der Waals surface area contributed by atoms with E-state index < -0.39 is 5.92 Å². The number of benzene rings is 1. The van der Waals surface area contributed by atoms with E-state index in [-0.39, 0.29) is 49.3 Å². The third-order valence-corrected chi connectivity index (χ3v) is 10.1. The zero-order chi connectivity index (χ0) is 33.3. The summed E-state index contributed by atoms with van der Waals surface area (Å²) >= 11 is 0. The zero-order valence-electron chi connectivity index (χ0n) is 27.3. The van der Waals surface area contributed by atoms with E-state index in [4.69, 9.17) is 21.3 Å². The number of piperazine rings is 1. The number of pyridine rings is 1. The number of carbonyl (C=O) groups excluding carboxylic acids is 1. The standard InChI is InChI=1S/C35H42F2N8O2/c1-6-31(46)45-13-12-44(21-27(45)19-38-4)33-28-10-11-43(30-20-39-18-25-9-7-8-23(2)32(25)30)22-29(28)40-34(41-33)47-15-14-42(5)24(3)26-16-35(36,37)17-26/h6-9,18,20,24,26-27H,1,10-17,19,21-22H2,2-3,5H3/t24-,27-/m0/s1. The molecule has 248 valence electrons. The lowest BCUT2D eigenvalue weighted by Crippen LogP contribution is -2.56. The minimum atomic E-state index is -2.55. The first-order valence-electron chi connectivity index (χ1n) is 16.3. The van der Waals surface area contributed by atoms with Crippen LogP contribution in [0.25, 0.3) is 15.6 Å². The number of anilines is 2. The third-order valence-electron chi connectivity index (χ3n) is 10.1. The van der Waals surface area contributed by atoms with Crippen LogP contribution in [0.3, 0.4) is 0 Å². The van der Waals surface area contributed by atoms with E-state index in [0.29, 0.717) is 45.8 Å². The average molecular weight is 645 g/mol. The Morgan fingerprint density at radius 1 is 1.23 bits per heavy atom. The van der Waals surface area contributed by atoms with Crippen molar-refractivity contribution in [3.63, 3.8) is 0 Å². The van der Waals surface area contributed by atoms with Crippen LogP contribution in [0.5, 0.6) is 6.01 Å². The van der Waals surface area contributed by atoms with Crippen molar-refractivity contribution in [1.82, 2.24) is 24.8 Å². The van der Waals surface area contributed by atoms with Crippen LogP contribution >= 0.6 is 0 Å². The molecule has 47 heavy (non-hydrogen) atoms. The van der Waals surface area contributed by atoms with Crippen LogP contribution in [0.4, 0.5) is 20.3 Å². The Kier molecular flexibility index (Phi) is 9.28. The van der Waals surface area contributed by atoms with Crippen molar-refractivity contribution < 1.29 is 18.3 Å². The fourth-order valence-corrected chi connectivity index (χ4v) is 7.17. The van der Waals surface area contributed by atoms with Crippen LogP contribution < -0.4 is 14.5 Å². The first kappa shape index (κ1) is 32.6. The predicted molar refractivity (Wildman–Crippen MR) is 178 cm³/mol. The third kappa shape index (κ3) is 6.72. The van der Waals surface area contributed by atoms with Crippen molar-refractivity contribution in [1.29, 1.82) is 0 Å². The molecule has 0 N–H and O–H groups in total. The summed E-state index contributed by atoms with van der Waals surface area (Å²) in [7, 11) is 1.93. The molecule has 2 atom stereocenters. The molecule has 0 radical (unpaired) electrons. The SMILES string of the molecule is [C-]#[N+]C[C@H]1CN(c2nc(OCCN(C)[C@@H](C)C3CC(F)(F)C3)nc3c2CCN(c2cncc4cccc(C)c24)C3)CCN1C(=O)C=C. The molecule has 3 aromatic rings. The molecule has 10 nitrogen and oxygen atoms in total. The number of carbonyl (C=O) groups is 1. The number of likely N-dealkylation sites (N-methyl/N-ethyl adjacent to an activating group) is 1. The summed E-state index contributed by atoms with van der Waals surface area (Å²) in [6, 6.07) is 6.21. The second kappa shape index (κ2) is 13.4. The van der Waals surface area contributed by atoms with Gasteiger partial charge in [-0.15, -0.1) is 0 Å². The molecule has 4 heterocycles. The van der Waals surface area contributed by atoms with Gasteiger partial charge < -0.3 is 29.2 Å². The first-order chi connectivity index (χ1) is 22.6. The van der Waals surface area contributed by atoms with Gasteiger partial charge in [-0.3, -0.25) is 9.78 Å². The highest BCUT2D eigenvalue weighted by atomic mass is 19.3. The van der Waals surface area contributed by atoms with Gasteiger partial charge in [0, 0.05) is 74.1 Å². The van der Waals surface area contributed by atoms with Gasteiger partial charge in [0.25, 0.3) is 0 Å². The van der Waals surface area contributed by atoms with Gasteiger partial charge in [0.2, 0.25) is 18.4 Å². The highest BCUT2D eigenvalue weighted by Gasteiger charge is 2.48. The number of hydrogen-bond donors (Lipinski definition) is 0. The van der Waals surface area contributed by atoms with Gasteiger partial charge in [0.05, 0.1) is 24.1 Å². The number of hydrogen-bond acceptors (Lipinski definition) is 8. The number of alkyl halides is 2. The molecule has 6 rings (SSSR count). The summed E-state index contributed by atoms with van der Waals surface area (Å²) < 4.78 is 33.2. The Morgan fingerprint density at radius 3 is 2.79 bits per heavy atom. The molecule has 1 aromatic carbocycles. The lowest BCUT2D eigenvalue weighted by molar-refractivity contribution is -0.128. The smallest absolute Gasteiger partial charge is 0.318 e. The van der Waals surface area contributed by atoms with Crippen LogP contribution in [0, 0.1) is 19.4 Å². The molecule has 2 fully saturated rings. The summed E-state index contributed by atoms with van der Waals surface area (Å²) in [5, 5.41) is 2.26. The Balaban J connectivity index is 1.27. The summed E-state index contributed by atoms with van der Waals surface area (Å²) in [6.45, 7) is 19.1. The molecule has 1 saturated heterocycles. The van der Waals surface area contributed by atoms with Gasteiger partial charge in [-0.1, -0.05) is 24.8 Å². The molecule has 12 heteroatoms. The number of fused-ring (bicyclic) bond motifs is 2. The Labute approximate surface area is 274 Å². The topological polar surface area (TPSA) is 82.3 Å². The fraction of sp³-hybridized carbons (Fsp3) is 0.514. The highest BCUT2D eigenvalue weighted by Crippen LogP contribution is 2.45. The van der Waals surface area contributed by atoms with Gasteiger partial charge in [-0.05, 0) is 44.9 Å². The maximum atomic E-state index is 13.5. The zero-order valence-corrected chi connectivity index (χ0v) is 27.3. The summed E-state index contributed by atoms with van der Waals surface area (Å²) in [5.74, 6) is -1.98. The average Bonchev–Trinajstić information content (AvgIpc) is 3.05. The molecule has 1 amide bonds. The fourth-order valence-electron chi connectivity index (χ4n) is 7.17. The van der Waals surface area contributed by atoms with Crippen molar-refractivity contribution in [3.05, 3.63) is 71.5 Å². The Bertz CT molecular complexity index is 1680. The molecule has 2 aliphatic heterocycles. The van der Waals surface area contributed by atoms with Gasteiger partial charge in [-0.2, -0.15) is 9.97 Å². The molecule has 1 aliphatic carbocycles. The molecule has 0 unspecified atom stereocenters. The van der Waals surface area contributed by atoms with Crippen molar-refractivity contribution >= 4 is 28.2 Å². The van der Waals surface area contributed by atoms with E-state index in [1.165, 1.54) is 17.0 Å². The molecular formula is C35H42F2N8O2. The Hall–Kier alpha value is -4.37. The maximum absolute atomic E-state index is 13.5. The number of aromatic nitrogens is 3. The van der Waals surface area contributed by atoms with Crippen molar-refractivity contribution in [2.24, 2.45) is 5.92 Å². The normalized spacial score (nSPS) is 20.0. The van der Waals surface area contributed by atoms with E-state index >= 15 is 0 Å². The van der Waals surface area contributed by atoms with E-state index in [1.807, 2.05) is 32.4 Å². The molecule has 1 saturated carbocycles. The quantitative estimate of drug-likeness (QED) is 0.231. The van der Waals surface area contributed by atoms with Crippen LogP contribution in [0.2, 0.25) is 0 Å². The lowest BCUT2D eigenvalue weighted by Gasteiger charge is -2.42. The van der Waals surface area contributed by atoms with Gasteiger partial charge in [-0.25, -0.2) is 15.4 Å². The van der Waals surface area contributed by atoms with E-state index in [1.54, 1.807) is 4.90 Å². The minimum Gasteiger partial charge on any atom is -0.462 e. The molecule has 3 aliphatic rings. The maximum Gasteiger partial charge on any atom is 0.318 e. The van der Waals surface area contributed by atoms with Crippen molar-refractivity contribution in [2.45, 2.75) is 57.7 Å². The second-order valence-electron chi connectivity index (χ2n) is 13.0. The predicted octanol–water partition coefficient (Wildman–Crippen LogP) is 4.76. The summed E-state index contributed by atoms with van der Waals surface area (Å²) in [4.78, 5) is 38.8. The summed E-state index contributed by atoms with van der Waals surface area (Å²) in [5.41, 5.74) is 4.14. The second-order valence-corrected chi connectivity index (χ2v) is 13.0. The molecule has 0 spiro atoms. The monoisotopic (exact) mass is 644 g/mol. The van der Waals surface area contributed by atoms with E-state index in [9.17, 15) is 13.6 Å². The van der Waals surface area contributed by atoms with E-state index in [0.717, 1.165) is 34.7 Å². The number of rotatable bonds is 10. The number of aryl methyl sites for hydroxylation is 1. The van der Waals surface area contributed by atoms with Gasteiger partial charge in [0.1, 0.15) is 18.5 Å². The number of halogens is 2. The number of ether oxygens (including phenoxy) is 1. The lowest BCUT2D eigenvalue weighted by atomic mass is 9.76. The Morgan fingerprint density at radius 2 is 2.04 bits per heavy atom. The molecular weight excluding hydrogens is 602 g/mol. The molecule has 0 bridgehead atoms. The minimum absolute atomic E-state index is 0.0125. The number of amides is 1. The molecule has 2 aromatic heterocycles. The van der Waals surface area contributed by atoms with Crippen LogP contribution in [0.1, 0.15) is 36.6 Å². The highest BCUT2D eigenvalue weighted by molar-refractivity contribution is 5.96. The van der Waals surface area contributed by atoms with Crippen molar-refractivity contribution in [2.75, 3.05) is 62.7 Å². The van der Waals surface area contributed by atoms with Crippen LogP contribution in [-0.2, 0) is 17.8 Å². The van der Waals surface area contributed by atoms with Crippen molar-refractivity contribution in [3.8, 4) is 6.01 Å². The van der Waals surface area contributed by atoms with E-state index in [2.05, 4.69) is 50.2 Å². The number of nitrogens with zero attached hydrogens (tertiary/aromatic N) is 8. The van der Waals surface area contributed by atoms with Crippen LogP contribution in [0.15, 0.2) is 43.2 Å². The van der Waals surface area contributed by atoms with Crippen LogP contribution in [-0.4, -0.2) is 102 Å². The van der Waals surface area contributed by atoms with Gasteiger partial charge in [0.15, 0.2) is 0 Å². The largest absolute Gasteiger partial charge is 0.462 e.